The third kappa shape index (κ3) is 3.67. The molecule has 0 radical (unpaired) electrons. The minimum atomic E-state index is -0.306. The molecule has 0 saturated carbocycles. The Labute approximate surface area is 93.0 Å². The molecule has 82 valence electrons. The first-order valence-corrected chi connectivity index (χ1v) is 4.92. The Balaban J connectivity index is 2.52. The van der Waals surface area contributed by atoms with Crippen LogP contribution in [0, 0.1) is 6.92 Å². The SMILES string of the molecule is Cc1cc(C(=O)NC(C)CC(N)=S)on1. The summed E-state index contributed by atoms with van der Waals surface area (Å²) in [6, 6.07) is 1.46. The number of aromatic nitrogens is 1. The van der Waals surface area contributed by atoms with E-state index < -0.39 is 0 Å². The van der Waals surface area contributed by atoms with Crippen molar-refractivity contribution >= 4 is 23.1 Å². The average Bonchev–Trinajstić information content (AvgIpc) is 2.49. The van der Waals surface area contributed by atoms with Gasteiger partial charge in [-0.05, 0) is 13.8 Å². The van der Waals surface area contributed by atoms with Gasteiger partial charge in [0.15, 0.2) is 0 Å². The number of thiocarbonyl (C=S) groups is 1. The predicted molar refractivity (Wildman–Crippen MR) is 59.6 cm³/mol. The largest absolute Gasteiger partial charge is 0.393 e. The van der Waals surface area contributed by atoms with Crippen LogP contribution in [-0.4, -0.2) is 22.1 Å². The maximum absolute atomic E-state index is 11.5. The molecule has 15 heavy (non-hydrogen) atoms. The first kappa shape index (κ1) is 11.6. The van der Waals surface area contributed by atoms with E-state index in [1.807, 2.05) is 6.92 Å². The molecule has 0 spiro atoms. The van der Waals surface area contributed by atoms with Crippen molar-refractivity contribution in [3.63, 3.8) is 0 Å². The van der Waals surface area contributed by atoms with Crippen molar-refractivity contribution in [3.8, 4) is 0 Å². The van der Waals surface area contributed by atoms with E-state index in [0.29, 0.717) is 17.1 Å². The highest BCUT2D eigenvalue weighted by atomic mass is 32.1. The van der Waals surface area contributed by atoms with Crippen LogP contribution >= 0.6 is 12.2 Å². The Morgan fingerprint density at radius 3 is 2.93 bits per heavy atom. The maximum atomic E-state index is 11.5. The van der Waals surface area contributed by atoms with Gasteiger partial charge in [0.1, 0.15) is 0 Å². The number of carbonyl (C=O) groups excluding carboxylic acids is 1. The van der Waals surface area contributed by atoms with Crippen LogP contribution in [0.25, 0.3) is 0 Å². The fourth-order valence-electron chi connectivity index (χ4n) is 1.12. The lowest BCUT2D eigenvalue weighted by atomic mass is 10.2. The fourth-order valence-corrected chi connectivity index (χ4v) is 1.37. The number of nitrogens with one attached hydrogen (secondary N) is 1. The van der Waals surface area contributed by atoms with Crippen LogP contribution in [-0.2, 0) is 0 Å². The second kappa shape index (κ2) is 4.88. The van der Waals surface area contributed by atoms with Crippen LogP contribution in [0.5, 0.6) is 0 Å². The molecule has 0 aliphatic carbocycles. The molecule has 1 atom stereocenters. The molecule has 0 bridgehead atoms. The Hall–Kier alpha value is -1.43. The van der Waals surface area contributed by atoms with Gasteiger partial charge in [-0.1, -0.05) is 17.4 Å². The number of nitrogens with two attached hydrogens (primary N) is 1. The highest BCUT2D eigenvalue weighted by molar-refractivity contribution is 7.80. The van der Waals surface area contributed by atoms with Crippen molar-refractivity contribution in [1.82, 2.24) is 10.5 Å². The number of hydrogen-bond donors (Lipinski definition) is 2. The van der Waals surface area contributed by atoms with E-state index >= 15 is 0 Å². The number of nitrogens with zero attached hydrogens (tertiary/aromatic N) is 1. The summed E-state index contributed by atoms with van der Waals surface area (Å²) in [5, 5.41) is 6.32. The van der Waals surface area contributed by atoms with Gasteiger partial charge in [-0.3, -0.25) is 4.79 Å². The molecule has 1 heterocycles. The normalized spacial score (nSPS) is 12.1. The fraction of sp³-hybridized carbons (Fsp3) is 0.444. The molecule has 0 aromatic carbocycles. The van der Waals surface area contributed by atoms with E-state index in [2.05, 4.69) is 10.5 Å². The predicted octanol–water partition coefficient (Wildman–Crippen LogP) is 0.778. The zero-order valence-corrected chi connectivity index (χ0v) is 9.43. The first-order valence-electron chi connectivity index (χ1n) is 4.51. The Bertz CT molecular complexity index is 375. The molecule has 3 N–H and O–H groups in total. The van der Waals surface area contributed by atoms with Gasteiger partial charge in [0, 0.05) is 18.5 Å². The van der Waals surface area contributed by atoms with Crippen molar-refractivity contribution in [3.05, 3.63) is 17.5 Å². The molecule has 6 heteroatoms. The van der Waals surface area contributed by atoms with Gasteiger partial charge in [0.05, 0.1) is 10.7 Å². The van der Waals surface area contributed by atoms with E-state index in [9.17, 15) is 4.79 Å². The second-order valence-corrected chi connectivity index (χ2v) is 3.90. The molecule has 0 fully saturated rings. The molecule has 0 aliphatic heterocycles. The summed E-state index contributed by atoms with van der Waals surface area (Å²) >= 11 is 4.74. The molecule has 5 nitrogen and oxygen atoms in total. The van der Waals surface area contributed by atoms with Crippen molar-refractivity contribution in [1.29, 1.82) is 0 Å². The van der Waals surface area contributed by atoms with Crippen LogP contribution in [0.1, 0.15) is 29.6 Å². The van der Waals surface area contributed by atoms with Gasteiger partial charge in [0.25, 0.3) is 5.91 Å². The molecular weight excluding hydrogens is 214 g/mol. The average molecular weight is 227 g/mol. The van der Waals surface area contributed by atoms with Crippen LogP contribution in [0.15, 0.2) is 10.6 Å². The van der Waals surface area contributed by atoms with Crippen LogP contribution in [0.3, 0.4) is 0 Å². The van der Waals surface area contributed by atoms with Crippen LogP contribution < -0.4 is 11.1 Å². The van der Waals surface area contributed by atoms with Gasteiger partial charge < -0.3 is 15.6 Å². The molecule has 1 unspecified atom stereocenters. The van der Waals surface area contributed by atoms with Gasteiger partial charge in [-0.2, -0.15) is 0 Å². The summed E-state index contributed by atoms with van der Waals surface area (Å²) in [4.78, 5) is 11.9. The van der Waals surface area contributed by atoms with Crippen molar-refractivity contribution in [2.45, 2.75) is 26.3 Å². The van der Waals surface area contributed by atoms with Crippen LogP contribution in [0.4, 0.5) is 0 Å². The molecule has 1 aromatic heterocycles. The lowest BCUT2D eigenvalue weighted by Crippen LogP contribution is -2.35. The van der Waals surface area contributed by atoms with E-state index in [1.165, 1.54) is 0 Å². The minimum Gasteiger partial charge on any atom is -0.393 e. The Morgan fingerprint density at radius 1 is 1.80 bits per heavy atom. The summed E-state index contributed by atoms with van der Waals surface area (Å²) in [6.45, 7) is 3.57. The quantitative estimate of drug-likeness (QED) is 0.743. The summed E-state index contributed by atoms with van der Waals surface area (Å²) in [7, 11) is 0. The van der Waals surface area contributed by atoms with E-state index in [1.54, 1.807) is 13.0 Å². The first-order chi connectivity index (χ1) is 6.99. The van der Waals surface area contributed by atoms with E-state index in [-0.39, 0.29) is 17.7 Å². The summed E-state index contributed by atoms with van der Waals surface area (Å²) < 4.78 is 4.81. The van der Waals surface area contributed by atoms with Gasteiger partial charge >= 0.3 is 0 Å². The summed E-state index contributed by atoms with van der Waals surface area (Å²) in [5.74, 6) is -0.110. The van der Waals surface area contributed by atoms with E-state index in [0.717, 1.165) is 0 Å². The summed E-state index contributed by atoms with van der Waals surface area (Å²) in [5.41, 5.74) is 6.02. The van der Waals surface area contributed by atoms with Crippen molar-refractivity contribution < 1.29 is 9.32 Å². The molecule has 1 amide bonds. The van der Waals surface area contributed by atoms with Gasteiger partial charge in [0.2, 0.25) is 5.76 Å². The van der Waals surface area contributed by atoms with Gasteiger partial charge in [-0.25, -0.2) is 0 Å². The Kier molecular flexibility index (Phi) is 3.79. The number of carbonyl (C=O) groups is 1. The van der Waals surface area contributed by atoms with Crippen LogP contribution in [0.2, 0.25) is 0 Å². The monoisotopic (exact) mass is 227 g/mol. The van der Waals surface area contributed by atoms with Crippen molar-refractivity contribution in [2.75, 3.05) is 0 Å². The second-order valence-electron chi connectivity index (χ2n) is 3.38. The number of rotatable bonds is 4. The van der Waals surface area contributed by atoms with E-state index in [4.69, 9.17) is 22.5 Å². The Morgan fingerprint density at radius 2 is 2.47 bits per heavy atom. The van der Waals surface area contributed by atoms with Crippen molar-refractivity contribution in [2.24, 2.45) is 5.73 Å². The number of hydrogen-bond acceptors (Lipinski definition) is 4. The smallest absolute Gasteiger partial charge is 0.290 e. The standard InChI is InChI=1S/C9H13N3O2S/c1-5(4-8(10)15)11-9(13)7-3-6(2)12-14-7/h3,5H,4H2,1-2H3,(H2,10,15)(H,11,13). The third-order valence-electron chi connectivity index (χ3n) is 1.74. The molecule has 0 aliphatic rings. The number of amides is 1. The highest BCUT2D eigenvalue weighted by Crippen LogP contribution is 2.02. The summed E-state index contributed by atoms with van der Waals surface area (Å²) in [6.07, 6.45) is 0.466. The zero-order chi connectivity index (χ0) is 11.4. The topological polar surface area (TPSA) is 81.2 Å². The highest BCUT2D eigenvalue weighted by Gasteiger charge is 2.14. The number of aryl methyl sites for hydroxylation is 1. The third-order valence-corrected chi connectivity index (χ3v) is 1.90. The maximum Gasteiger partial charge on any atom is 0.290 e. The molecule has 1 aromatic rings. The van der Waals surface area contributed by atoms with Gasteiger partial charge in [-0.15, -0.1) is 0 Å². The minimum absolute atomic E-state index is 0.111. The molecular formula is C9H13N3O2S. The molecule has 1 rings (SSSR count). The molecule has 0 saturated heterocycles. The lowest BCUT2D eigenvalue weighted by molar-refractivity contribution is 0.0904. The lowest BCUT2D eigenvalue weighted by Gasteiger charge is -2.10. The zero-order valence-electron chi connectivity index (χ0n) is 8.61.